The van der Waals surface area contributed by atoms with Crippen LogP contribution < -0.4 is 16.2 Å². The van der Waals surface area contributed by atoms with E-state index in [-0.39, 0.29) is 0 Å². The third-order valence-corrected chi connectivity index (χ3v) is 3.68. The van der Waals surface area contributed by atoms with Crippen molar-refractivity contribution in [1.82, 2.24) is 0 Å². The molecule has 0 radical (unpaired) electrons. The molecule has 0 fully saturated rings. The molecule has 0 saturated heterocycles. The molecule has 116 valence electrons. The zero-order valence-corrected chi connectivity index (χ0v) is 13.1. The van der Waals surface area contributed by atoms with E-state index in [0.717, 1.165) is 11.3 Å². The summed E-state index contributed by atoms with van der Waals surface area (Å²) < 4.78 is 5.80. The third-order valence-electron chi connectivity index (χ3n) is 3.68. The van der Waals surface area contributed by atoms with Crippen LogP contribution in [0.1, 0.15) is 11.1 Å². The molecule has 3 nitrogen and oxygen atoms in total. The Bertz CT molecular complexity index is 773. The molecule has 23 heavy (non-hydrogen) atoms. The second-order valence-electron chi connectivity index (χ2n) is 5.69. The molecule has 0 aliphatic carbocycles. The molecule has 0 amide bonds. The molecule has 0 unspecified atom stereocenters. The van der Waals surface area contributed by atoms with E-state index < -0.39 is 0 Å². The van der Waals surface area contributed by atoms with Crippen LogP contribution in [0.3, 0.4) is 0 Å². The second-order valence-corrected chi connectivity index (χ2v) is 5.69. The number of nitrogen functional groups attached to an aromatic ring is 2. The molecule has 0 saturated carbocycles. The van der Waals surface area contributed by atoms with Crippen molar-refractivity contribution < 1.29 is 4.74 Å². The quantitative estimate of drug-likeness (QED) is 0.702. The third kappa shape index (κ3) is 3.83. The van der Waals surface area contributed by atoms with Gasteiger partial charge in [-0.25, -0.2) is 0 Å². The van der Waals surface area contributed by atoms with Gasteiger partial charge in [0, 0.05) is 11.4 Å². The smallest absolute Gasteiger partial charge is 0.119 e. The van der Waals surface area contributed by atoms with Crippen LogP contribution in [0.2, 0.25) is 0 Å². The van der Waals surface area contributed by atoms with Gasteiger partial charge in [0.25, 0.3) is 0 Å². The SMILES string of the molecule is Cc1ccc(-c2ccc(OCc3cc(N)cc(N)c3)cc2)cc1. The lowest BCUT2D eigenvalue weighted by Gasteiger charge is -2.09. The zero-order valence-electron chi connectivity index (χ0n) is 13.1. The van der Waals surface area contributed by atoms with E-state index in [2.05, 4.69) is 43.3 Å². The molecule has 0 aromatic heterocycles. The summed E-state index contributed by atoms with van der Waals surface area (Å²) in [7, 11) is 0. The van der Waals surface area contributed by atoms with Crippen LogP contribution in [-0.2, 0) is 6.61 Å². The molecule has 0 aliphatic heterocycles. The molecule has 3 heteroatoms. The minimum absolute atomic E-state index is 0.444. The van der Waals surface area contributed by atoms with Crippen molar-refractivity contribution in [2.24, 2.45) is 0 Å². The van der Waals surface area contributed by atoms with Crippen molar-refractivity contribution in [2.75, 3.05) is 11.5 Å². The van der Waals surface area contributed by atoms with Crippen molar-refractivity contribution >= 4 is 11.4 Å². The highest BCUT2D eigenvalue weighted by atomic mass is 16.5. The van der Waals surface area contributed by atoms with Crippen molar-refractivity contribution in [3.8, 4) is 16.9 Å². The Morgan fingerprint density at radius 2 is 1.26 bits per heavy atom. The predicted octanol–water partition coefficient (Wildman–Crippen LogP) is 4.41. The van der Waals surface area contributed by atoms with Crippen LogP contribution >= 0.6 is 0 Å². The van der Waals surface area contributed by atoms with Gasteiger partial charge < -0.3 is 16.2 Å². The number of nitrogens with two attached hydrogens (primary N) is 2. The molecule has 0 bridgehead atoms. The largest absolute Gasteiger partial charge is 0.489 e. The highest BCUT2D eigenvalue weighted by molar-refractivity contribution is 5.64. The molecule has 3 rings (SSSR count). The summed E-state index contributed by atoms with van der Waals surface area (Å²) in [6.45, 7) is 2.53. The lowest BCUT2D eigenvalue weighted by molar-refractivity contribution is 0.306. The molecule has 0 aliphatic rings. The second kappa shape index (κ2) is 6.44. The first-order chi connectivity index (χ1) is 11.1. The normalized spacial score (nSPS) is 10.5. The fourth-order valence-electron chi connectivity index (χ4n) is 2.49. The zero-order chi connectivity index (χ0) is 16.2. The van der Waals surface area contributed by atoms with Gasteiger partial charge in [0.15, 0.2) is 0 Å². The van der Waals surface area contributed by atoms with Gasteiger partial charge in [-0.15, -0.1) is 0 Å². The number of rotatable bonds is 4. The summed E-state index contributed by atoms with van der Waals surface area (Å²) in [5.74, 6) is 0.821. The monoisotopic (exact) mass is 304 g/mol. The first-order valence-corrected chi connectivity index (χ1v) is 7.55. The Labute approximate surface area is 136 Å². The lowest BCUT2D eigenvalue weighted by atomic mass is 10.0. The van der Waals surface area contributed by atoms with Gasteiger partial charge in [-0.1, -0.05) is 42.0 Å². The Hall–Kier alpha value is -2.94. The topological polar surface area (TPSA) is 61.3 Å². The summed E-state index contributed by atoms with van der Waals surface area (Å²) in [5, 5.41) is 0. The molecule has 3 aromatic carbocycles. The average Bonchev–Trinajstić information content (AvgIpc) is 2.53. The molecule has 3 aromatic rings. The van der Waals surface area contributed by atoms with E-state index in [1.54, 1.807) is 6.07 Å². The molecular formula is C20H20N2O. The van der Waals surface area contributed by atoms with Crippen LogP contribution in [0, 0.1) is 6.92 Å². The number of aryl methyl sites for hydroxylation is 1. The molecule has 4 N–H and O–H groups in total. The summed E-state index contributed by atoms with van der Waals surface area (Å²) >= 11 is 0. The van der Waals surface area contributed by atoms with E-state index in [4.69, 9.17) is 16.2 Å². The lowest BCUT2D eigenvalue weighted by Crippen LogP contribution is -1.98. The Balaban J connectivity index is 1.69. The van der Waals surface area contributed by atoms with Gasteiger partial charge in [0.1, 0.15) is 12.4 Å². The molecule has 0 heterocycles. The van der Waals surface area contributed by atoms with Crippen LogP contribution in [0.15, 0.2) is 66.7 Å². The van der Waals surface area contributed by atoms with Crippen LogP contribution in [-0.4, -0.2) is 0 Å². The fraction of sp³-hybridized carbons (Fsp3) is 0.100. The maximum Gasteiger partial charge on any atom is 0.119 e. The summed E-state index contributed by atoms with van der Waals surface area (Å²) in [6, 6.07) is 22.0. The summed E-state index contributed by atoms with van der Waals surface area (Å²) in [5.41, 5.74) is 17.5. The van der Waals surface area contributed by atoms with E-state index >= 15 is 0 Å². The number of benzene rings is 3. The standard InChI is InChI=1S/C20H20N2O/c1-14-2-4-16(5-3-14)17-6-8-20(9-7-17)23-13-15-10-18(21)12-19(22)11-15/h2-12H,13,21-22H2,1H3. The van der Waals surface area contributed by atoms with E-state index in [0.29, 0.717) is 18.0 Å². The Kier molecular flexibility index (Phi) is 4.20. The van der Waals surface area contributed by atoms with E-state index in [1.165, 1.54) is 16.7 Å². The van der Waals surface area contributed by atoms with E-state index in [1.807, 2.05) is 24.3 Å². The first-order valence-electron chi connectivity index (χ1n) is 7.55. The fourth-order valence-corrected chi connectivity index (χ4v) is 2.49. The van der Waals surface area contributed by atoms with Gasteiger partial charge in [-0.3, -0.25) is 0 Å². The average molecular weight is 304 g/mol. The minimum atomic E-state index is 0.444. The Morgan fingerprint density at radius 3 is 1.83 bits per heavy atom. The molecular weight excluding hydrogens is 284 g/mol. The van der Waals surface area contributed by atoms with Crippen LogP contribution in [0.25, 0.3) is 11.1 Å². The minimum Gasteiger partial charge on any atom is -0.489 e. The van der Waals surface area contributed by atoms with Crippen molar-refractivity contribution in [3.63, 3.8) is 0 Å². The van der Waals surface area contributed by atoms with Gasteiger partial charge in [0.05, 0.1) is 0 Å². The van der Waals surface area contributed by atoms with Crippen LogP contribution in [0.4, 0.5) is 11.4 Å². The van der Waals surface area contributed by atoms with Gasteiger partial charge in [-0.2, -0.15) is 0 Å². The van der Waals surface area contributed by atoms with E-state index in [9.17, 15) is 0 Å². The molecule has 0 atom stereocenters. The van der Waals surface area contributed by atoms with Gasteiger partial charge in [0.2, 0.25) is 0 Å². The van der Waals surface area contributed by atoms with Crippen molar-refractivity contribution in [3.05, 3.63) is 77.9 Å². The Morgan fingerprint density at radius 1 is 0.739 bits per heavy atom. The summed E-state index contributed by atoms with van der Waals surface area (Å²) in [6.07, 6.45) is 0. The predicted molar refractivity (Wildman–Crippen MR) is 96.2 cm³/mol. The van der Waals surface area contributed by atoms with Crippen molar-refractivity contribution in [2.45, 2.75) is 13.5 Å². The highest BCUT2D eigenvalue weighted by Gasteiger charge is 2.01. The van der Waals surface area contributed by atoms with Gasteiger partial charge >= 0.3 is 0 Å². The number of hydrogen-bond acceptors (Lipinski definition) is 3. The number of ether oxygens (including phenoxy) is 1. The highest BCUT2D eigenvalue weighted by Crippen LogP contribution is 2.23. The van der Waals surface area contributed by atoms with Crippen molar-refractivity contribution in [1.29, 1.82) is 0 Å². The first kappa shape index (κ1) is 15.0. The maximum atomic E-state index is 5.80. The van der Waals surface area contributed by atoms with Crippen LogP contribution in [0.5, 0.6) is 5.75 Å². The molecule has 0 spiro atoms. The number of hydrogen-bond donors (Lipinski definition) is 2. The number of anilines is 2. The maximum absolute atomic E-state index is 5.80. The van der Waals surface area contributed by atoms with Gasteiger partial charge in [-0.05, 0) is 53.9 Å². The summed E-state index contributed by atoms with van der Waals surface area (Å²) in [4.78, 5) is 0.